The van der Waals surface area contributed by atoms with Crippen molar-refractivity contribution in [2.24, 2.45) is 11.8 Å². The number of nitrogens with one attached hydrogen (secondary N) is 1. The van der Waals surface area contributed by atoms with E-state index >= 15 is 0 Å². The second-order valence-corrected chi connectivity index (χ2v) is 15.2. The summed E-state index contributed by atoms with van der Waals surface area (Å²) >= 11 is 5.95. The fourth-order valence-electron chi connectivity index (χ4n) is 6.30. The summed E-state index contributed by atoms with van der Waals surface area (Å²) in [6, 6.07) is 9.91. The number of carbonyl (C=O) groups is 2. The summed E-state index contributed by atoms with van der Waals surface area (Å²) in [7, 11) is -2.14. The molecule has 1 fully saturated rings. The number of ether oxygens (including phenoxy) is 2. The van der Waals surface area contributed by atoms with E-state index in [-0.39, 0.29) is 59.2 Å². The van der Waals surface area contributed by atoms with Crippen molar-refractivity contribution in [1.29, 1.82) is 0 Å². The van der Waals surface area contributed by atoms with Gasteiger partial charge in [-0.05, 0) is 88.4 Å². The van der Waals surface area contributed by atoms with Crippen LogP contribution in [0.15, 0.2) is 47.4 Å². The van der Waals surface area contributed by atoms with E-state index in [0.717, 1.165) is 44.9 Å². The van der Waals surface area contributed by atoms with Crippen molar-refractivity contribution in [3.05, 3.63) is 53.1 Å². The number of anilines is 1. The van der Waals surface area contributed by atoms with Crippen LogP contribution < -0.4 is 9.46 Å². The number of likely N-dealkylation sites (N-methyl/N-ethyl adjacent to an activating group) is 1. The molecule has 2 aromatic rings. The van der Waals surface area contributed by atoms with Crippen molar-refractivity contribution in [3.63, 3.8) is 0 Å². The molecule has 0 spiro atoms. The molecule has 10 nitrogen and oxygen atoms in total. The predicted molar refractivity (Wildman–Crippen MR) is 183 cm³/mol. The number of hydrogen-bond acceptors (Lipinski definition) is 7. The molecule has 2 amide bonds. The molecular weight excluding hydrogens is 642 g/mol. The van der Waals surface area contributed by atoms with Gasteiger partial charge in [0, 0.05) is 49.3 Å². The number of fused-ring (bicyclic) bond motifs is 1. The van der Waals surface area contributed by atoms with Crippen LogP contribution in [0.25, 0.3) is 0 Å². The van der Waals surface area contributed by atoms with Gasteiger partial charge in [-0.15, -0.1) is 0 Å². The molecule has 4 atom stereocenters. The molecule has 12 heteroatoms. The Hall–Kier alpha value is -2.86. The van der Waals surface area contributed by atoms with E-state index in [9.17, 15) is 23.1 Å². The standard InChI is InChI=1S/C35H50ClN3O7S/c1-24-21-39(25(2)23-40)35(42)31-20-29(37-47(43,44)30-16-13-28(36)14-17-30)15-18-32(31)46-26(3)10-8-9-19-45-33(24)22-38(4)34(41)27-11-6-5-7-12-27/h13-18,20,24-27,33,37,40H,5-12,19,21-23H2,1-4H3/t24-,25+,26-,33-/m1/s1. The summed E-state index contributed by atoms with van der Waals surface area (Å²) in [5, 5.41) is 10.6. The Morgan fingerprint density at radius 3 is 2.43 bits per heavy atom. The Labute approximate surface area is 284 Å². The van der Waals surface area contributed by atoms with Crippen molar-refractivity contribution < 1.29 is 32.6 Å². The summed E-state index contributed by atoms with van der Waals surface area (Å²) in [5.41, 5.74) is 0.373. The van der Waals surface area contributed by atoms with Crippen molar-refractivity contribution in [3.8, 4) is 5.75 Å². The highest BCUT2D eigenvalue weighted by molar-refractivity contribution is 7.92. The van der Waals surface area contributed by atoms with Crippen LogP contribution in [0.2, 0.25) is 5.02 Å². The molecule has 0 saturated heterocycles. The average Bonchev–Trinajstić information content (AvgIpc) is 3.06. The summed E-state index contributed by atoms with van der Waals surface area (Å²) in [6.07, 6.45) is 6.97. The molecule has 0 bridgehead atoms. The lowest BCUT2D eigenvalue weighted by molar-refractivity contribution is -0.137. The van der Waals surface area contributed by atoms with Crippen LogP contribution in [0.3, 0.4) is 0 Å². The number of aliphatic hydroxyl groups excluding tert-OH is 1. The molecule has 0 aromatic heterocycles. The molecule has 1 heterocycles. The maximum atomic E-state index is 14.4. The lowest BCUT2D eigenvalue weighted by atomic mass is 9.88. The average molecular weight is 692 g/mol. The van der Waals surface area contributed by atoms with Gasteiger partial charge >= 0.3 is 0 Å². The number of rotatable bonds is 8. The minimum Gasteiger partial charge on any atom is -0.490 e. The largest absolute Gasteiger partial charge is 0.490 e. The zero-order chi connectivity index (χ0) is 34.1. The molecule has 260 valence electrons. The van der Waals surface area contributed by atoms with Crippen molar-refractivity contribution in [1.82, 2.24) is 9.80 Å². The Balaban J connectivity index is 1.64. The van der Waals surface area contributed by atoms with Gasteiger partial charge in [0.15, 0.2) is 0 Å². The lowest BCUT2D eigenvalue weighted by Crippen LogP contribution is -2.48. The number of carbonyl (C=O) groups excluding carboxylic acids is 2. The van der Waals surface area contributed by atoms with Gasteiger partial charge in [0.25, 0.3) is 15.9 Å². The molecule has 1 aliphatic carbocycles. The summed E-state index contributed by atoms with van der Waals surface area (Å²) in [5.74, 6) is -0.0743. The minimum atomic E-state index is -3.97. The minimum absolute atomic E-state index is 0.0283. The van der Waals surface area contributed by atoms with Crippen molar-refractivity contribution in [2.75, 3.05) is 38.1 Å². The smallest absolute Gasteiger partial charge is 0.261 e. The number of aliphatic hydroxyl groups is 1. The van der Waals surface area contributed by atoms with Crippen molar-refractivity contribution >= 4 is 39.1 Å². The molecule has 2 N–H and O–H groups in total. The Bertz CT molecular complexity index is 1450. The third-order valence-electron chi connectivity index (χ3n) is 9.21. The number of sulfonamides is 1. The number of benzene rings is 2. The molecule has 2 aromatic carbocycles. The molecular formula is C35H50ClN3O7S. The van der Waals surface area contributed by atoms with Gasteiger partial charge in [-0.1, -0.05) is 37.8 Å². The molecule has 47 heavy (non-hydrogen) atoms. The molecule has 1 saturated carbocycles. The van der Waals surface area contributed by atoms with Gasteiger partial charge in [0.2, 0.25) is 5.91 Å². The SMILES string of the molecule is C[C@@H]1CCCCO[C@H](CN(C)C(=O)C2CCCCC2)[C@H](C)CN([C@@H](C)CO)C(=O)c2cc(NS(=O)(=O)c3ccc(Cl)cc3)ccc2O1. The number of halogens is 1. The van der Waals surface area contributed by atoms with Gasteiger partial charge in [-0.25, -0.2) is 8.42 Å². The van der Waals surface area contributed by atoms with Gasteiger partial charge < -0.3 is 24.4 Å². The first-order valence-corrected chi connectivity index (χ1v) is 18.6. The highest BCUT2D eigenvalue weighted by Crippen LogP contribution is 2.30. The van der Waals surface area contributed by atoms with Crippen LogP contribution >= 0.6 is 11.6 Å². The zero-order valence-corrected chi connectivity index (χ0v) is 29.6. The third kappa shape index (κ3) is 10.1. The molecule has 2 aliphatic rings. The topological polar surface area (TPSA) is 125 Å². The van der Waals surface area contributed by atoms with E-state index in [1.807, 2.05) is 20.9 Å². The zero-order valence-electron chi connectivity index (χ0n) is 28.0. The fraction of sp³-hybridized carbons (Fsp3) is 0.600. The van der Waals surface area contributed by atoms with E-state index in [1.165, 1.54) is 36.8 Å². The molecule has 0 unspecified atom stereocenters. The van der Waals surface area contributed by atoms with E-state index < -0.39 is 22.0 Å². The Kier molecular flexibility index (Phi) is 13.4. The lowest BCUT2D eigenvalue weighted by Gasteiger charge is -2.36. The molecule has 4 rings (SSSR count). The van der Waals surface area contributed by atoms with Crippen LogP contribution in [-0.2, 0) is 19.6 Å². The normalized spacial score (nSPS) is 22.8. The maximum Gasteiger partial charge on any atom is 0.261 e. The highest BCUT2D eigenvalue weighted by atomic mass is 35.5. The van der Waals surface area contributed by atoms with Crippen LogP contribution in [0.1, 0.15) is 82.5 Å². The van der Waals surface area contributed by atoms with Gasteiger partial charge in [0.05, 0.1) is 35.3 Å². The van der Waals surface area contributed by atoms with Crippen LogP contribution in [0.4, 0.5) is 5.69 Å². The molecule has 1 aliphatic heterocycles. The van der Waals surface area contributed by atoms with E-state index in [4.69, 9.17) is 21.1 Å². The first-order chi connectivity index (χ1) is 22.4. The summed E-state index contributed by atoms with van der Waals surface area (Å²) < 4.78 is 41.6. The Morgan fingerprint density at radius 2 is 1.74 bits per heavy atom. The van der Waals surface area contributed by atoms with Crippen LogP contribution in [-0.4, -0.2) is 86.7 Å². The van der Waals surface area contributed by atoms with Crippen LogP contribution in [0.5, 0.6) is 5.75 Å². The number of amides is 2. The fourth-order valence-corrected chi connectivity index (χ4v) is 7.47. The van der Waals surface area contributed by atoms with Crippen LogP contribution in [0, 0.1) is 11.8 Å². The summed E-state index contributed by atoms with van der Waals surface area (Å²) in [4.78, 5) is 31.1. The van der Waals surface area contributed by atoms with Gasteiger partial charge in [-0.2, -0.15) is 0 Å². The second-order valence-electron chi connectivity index (χ2n) is 13.1. The molecule has 0 radical (unpaired) electrons. The highest BCUT2D eigenvalue weighted by Gasteiger charge is 2.32. The van der Waals surface area contributed by atoms with Gasteiger partial charge in [0.1, 0.15) is 5.75 Å². The number of hydrogen-bond donors (Lipinski definition) is 2. The maximum absolute atomic E-state index is 14.4. The number of nitrogens with zero attached hydrogens (tertiary/aromatic N) is 2. The third-order valence-corrected chi connectivity index (χ3v) is 10.9. The van der Waals surface area contributed by atoms with Crippen molar-refractivity contribution in [2.45, 2.75) is 95.3 Å². The van der Waals surface area contributed by atoms with E-state index in [2.05, 4.69) is 4.72 Å². The Morgan fingerprint density at radius 1 is 1.06 bits per heavy atom. The van der Waals surface area contributed by atoms with E-state index in [0.29, 0.717) is 23.9 Å². The first-order valence-electron chi connectivity index (χ1n) is 16.8. The quantitative estimate of drug-likeness (QED) is 0.349. The van der Waals surface area contributed by atoms with Gasteiger partial charge in [-0.3, -0.25) is 14.3 Å². The van der Waals surface area contributed by atoms with E-state index in [1.54, 1.807) is 28.9 Å². The monoisotopic (exact) mass is 691 g/mol. The first kappa shape index (κ1) is 37.0. The predicted octanol–water partition coefficient (Wildman–Crippen LogP) is 5.98. The second kappa shape index (κ2) is 17.0. The summed E-state index contributed by atoms with van der Waals surface area (Å²) in [6.45, 7) is 6.58.